The van der Waals surface area contributed by atoms with Crippen LogP contribution in [0.2, 0.25) is 0 Å². The summed E-state index contributed by atoms with van der Waals surface area (Å²) < 4.78 is 12.2. The fraction of sp³-hybridized carbons (Fsp3) is 0.261. The average molecular weight is 465 g/mol. The molecule has 0 radical (unpaired) electrons. The first-order valence-corrected chi connectivity index (χ1v) is 10.5. The number of fused-ring (bicyclic) bond motifs is 1. The monoisotopic (exact) mass is 465 g/mol. The molecule has 0 bridgehead atoms. The fourth-order valence-electron chi connectivity index (χ4n) is 3.94. The predicted octanol–water partition coefficient (Wildman–Crippen LogP) is 3.56. The van der Waals surface area contributed by atoms with Crippen molar-refractivity contribution >= 4 is 29.0 Å². The van der Waals surface area contributed by atoms with E-state index in [1.807, 2.05) is 19.1 Å². The number of carbonyl (C=O) groups is 2. The van der Waals surface area contributed by atoms with Gasteiger partial charge in [-0.25, -0.2) is 4.68 Å². The van der Waals surface area contributed by atoms with Crippen molar-refractivity contribution in [3.63, 3.8) is 0 Å². The van der Waals surface area contributed by atoms with Crippen LogP contribution in [0.5, 0.6) is 11.5 Å². The number of anilines is 2. The summed E-state index contributed by atoms with van der Waals surface area (Å²) in [5.74, 6) is 0.796. The van der Waals surface area contributed by atoms with E-state index < -0.39 is 16.9 Å². The maximum atomic E-state index is 12.7. The molecular weight excluding hydrogens is 442 g/mol. The minimum Gasteiger partial charge on any atom is -0.493 e. The molecule has 1 aliphatic rings. The number of nitro benzene ring substituents is 1. The van der Waals surface area contributed by atoms with E-state index in [2.05, 4.69) is 15.7 Å². The lowest BCUT2D eigenvalue weighted by molar-refractivity contribution is -0.384. The van der Waals surface area contributed by atoms with Crippen LogP contribution in [0, 0.1) is 10.1 Å². The Hall–Kier alpha value is -4.41. The molecular formula is C23H23N5O6. The highest BCUT2D eigenvalue weighted by Crippen LogP contribution is 2.41. The Morgan fingerprint density at radius 1 is 1.21 bits per heavy atom. The third-order valence-electron chi connectivity index (χ3n) is 5.55. The molecule has 0 fully saturated rings. The summed E-state index contributed by atoms with van der Waals surface area (Å²) >= 11 is 0. The van der Waals surface area contributed by atoms with Crippen LogP contribution in [0.1, 0.15) is 25.1 Å². The van der Waals surface area contributed by atoms with Crippen molar-refractivity contribution in [2.24, 2.45) is 0 Å². The lowest BCUT2D eigenvalue weighted by atomic mass is 10.0. The van der Waals surface area contributed by atoms with Gasteiger partial charge in [0, 0.05) is 23.4 Å². The van der Waals surface area contributed by atoms with Crippen LogP contribution in [0.4, 0.5) is 17.2 Å². The number of nitro groups is 1. The smallest absolute Gasteiger partial charge is 0.271 e. The summed E-state index contributed by atoms with van der Waals surface area (Å²) in [4.78, 5) is 35.8. The Labute approximate surface area is 194 Å². The number of aromatic nitrogens is 2. The molecule has 34 heavy (non-hydrogen) atoms. The molecule has 1 aromatic heterocycles. The van der Waals surface area contributed by atoms with Crippen molar-refractivity contribution < 1.29 is 24.0 Å². The van der Waals surface area contributed by atoms with Gasteiger partial charge in [0.25, 0.3) is 11.6 Å². The van der Waals surface area contributed by atoms with Crippen LogP contribution in [0.15, 0.2) is 42.5 Å². The van der Waals surface area contributed by atoms with Gasteiger partial charge in [-0.05, 0) is 30.2 Å². The SMILES string of the molecule is CCc1nn2c(c1-c1ccc(OC)c(OC)c1)NC(=O)C2CC(=O)Nc1cccc([N+](=O)[O-])c1. The Balaban J connectivity index is 1.62. The van der Waals surface area contributed by atoms with Crippen molar-refractivity contribution in [1.29, 1.82) is 0 Å². The highest BCUT2D eigenvalue weighted by molar-refractivity contribution is 6.04. The molecule has 1 aliphatic heterocycles. The number of methoxy groups -OCH3 is 2. The lowest BCUT2D eigenvalue weighted by Gasteiger charge is -2.10. The van der Waals surface area contributed by atoms with Crippen LogP contribution in [-0.2, 0) is 16.0 Å². The van der Waals surface area contributed by atoms with Gasteiger partial charge >= 0.3 is 0 Å². The molecule has 2 aromatic carbocycles. The third kappa shape index (κ3) is 4.15. The minimum absolute atomic E-state index is 0.141. The van der Waals surface area contributed by atoms with Gasteiger partial charge in [0.15, 0.2) is 11.5 Å². The number of hydrogen-bond donors (Lipinski definition) is 2. The van der Waals surface area contributed by atoms with Crippen LogP contribution in [0.3, 0.4) is 0 Å². The van der Waals surface area contributed by atoms with Crippen LogP contribution in [-0.4, -0.2) is 40.7 Å². The zero-order valence-electron chi connectivity index (χ0n) is 18.8. The van der Waals surface area contributed by atoms with Gasteiger partial charge in [-0.3, -0.25) is 19.7 Å². The number of nitrogens with one attached hydrogen (secondary N) is 2. The molecule has 2 heterocycles. The van der Waals surface area contributed by atoms with Crippen molar-refractivity contribution in [2.45, 2.75) is 25.8 Å². The number of benzene rings is 2. The van der Waals surface area contributed by atoms with Gasteiger partial charge in [0.2, 0.25) is 5.91 Å². The standard InChI is InChI=1S/C23H23N5O6/c1-4-16-21(13-8-9-18(33-2)19(10-13)34-3)22-25-23(30)17(27(22)26-16)12-20(29)24-14-6-5-7-15(11-14)28(31)32/h5-11,17H,4,12H2,1-3H3,(H,24,29)(H,25,30). The quantitative estimate of drug-likeness (QED) is 0.383. The minimum atomic E-state index is -0.854. The van der Waals surface area contributed by atoms with E-state index >= 15 is 0 Å². The number of nitrogens with zero attached hydrogens (tertiary/aromatic N) is 3. The normalized spacial score (nSPS) is 14.3. The molecule has 1 atom stereocenters. The largest absolute Gasteiger partial charge is 0.493 e. The maximum absolute atomic E-state index is 12.7. The Bertz CT molecular complexity index is 1280. The molecule has 1 unspecified atom stereocenters. The lowest BCUT2D eigenvalue weighted by Crippen LogP contribution is -2.24. The number of rotatable bonds is 8. The van der Waals surface area contributed by atoms with E-state index in [4.69, 9.17) is 9.47 Å². The summed E-state index contributed by atoms with van der Waals surface area (Å²) in [5.41, 5.74) is 2.43. The third-order valence-corrected chi connectivity index (χ3v) is 5.55. The van der Waals surface area contributed by atoms with Gasteiger partial charge in [-0.15, -0.1) is 0 Å². The Morgan fingerprint density at radius 3 is 2.65 bits per heavy atom. The molecule has 2 N–H and O–H groups in total. The number of hydrogen-bond acceptors (Lipinski definition) is 7. The van der Waals surface area contributed by atoms with Crippen molar-refractivity contribution in [2.75, 3.05) is 24.9 Å². The number of amides is 2. The summed E-state index contributed by atoms with van der Waals surface area (Å²) in [6.45, 7) is 1.95. The molecule has 11 heteroatoms. The summed E-state index contributed by atoms with van der Waals surface area (Å²) in [5, 5.41) is 21.0. The van der Waals surface area contributed by atoms with Gasteiger partial charge in [0.1, 0.15) is 11.9 Å². The van der Waals surface area contributed by atoms with Crippen LogP contribution in [0.25, 0.3) is 11.1 Å². The van der Waals surface area contributed by atoms with Crippen LogP contribution >= 0.6 is 0 Å². The average Bonchev–Trinajstić information content (AvgIpc) is 3.33. The van der Waals surface area contributed by atoms with E-state index in [0.717, 1.165) is 16.8 Å². The molecule has 0 spiro atoms. The van der Waals surface area contributed by atoms with Crippen LogP contribution < -0.4 is 20.1 Å². The molecule has 0 saturated carbocycles. The molecule has 3 aromatic rings. The molecule has 0 saturated heterocycles. The summed E-state index contributed by atoms with van der Waals surface area (Å²) in [6.07, 6.45) is 0.421. The first-order chi connectivity index (χ1) is 16.4. The summed E-state index contributed by atoms with van der Waals surface area (Å²) in [6, 6.07) is 10.2. The van der Waals surface area contributed by atoms with Crippen molar-refractivity contribution in [3.05, 3.63) is 58.3 Å². The van der Waals surface area contributed by atoms with Gasteiger partial charge in [-0.1, -0.05) is 19.1 Å². The molecule has 176 valence electrons. The zero-order chi connectivity index (χ0) is 24.4. The maximum Gasteiger partial charge on any atom is 0.271 e. The van der Waals surface area contributed by atoms with E-state index in [9.17, 15) is 19.7 Å². The van der Waals surface area contributed by atoms with Gasteiger partial charge in [-0.2, -0.15) is 5.10 Å². The number of ether oxygens (including phenoxy) is 2. The number of carbonyl (C=O) groups excluding carboxylic acids is 2. The zero-order valence-corrected chi connectivity index (χ0v) is 18.8. The number of aryl methyl sites for hydroxylation is 1. The van der Waals surface area contributed by atoms with E-state index in [0.29, 0.717) is 23.7 Å². The second-order valence-electron chi connectivity index (χ2n) is 7.60. The first-order valence-electron chi connectivity index (χ1n) is 10.5. The second kappa shape index (κ2) is 9.22. The first kappa shape index (κ1) is 22.8. The predicted molar refractivity (Wildman–Crippen MR) is 124 cm³/mol. The molecule has 0 aliphatic carbocycles. The number of non-ortho nitro benzene ring substituents is 1. The molecule has 11 nitrogen and oxygen atoms in total. The van der Waals surface area contributed by atoms with E-state index in [-0.39, 0.29) is 23.7 Å². The Kier molecular flexibility index (Phi) is 6.17. The van der Waals surface area contributed by atoms with Crippen molar-refractivity contribution in [1.82, 2.24) is 9.78 Å². The topological polar surface area (TPSA) is 138 Å². The van der Waals surface area contributed by atoms with E-state index in [1.165, 1.54) is 22.9 Å². The van der Waals surface area contributed by atoms with E-state index in [1.54, 1.807) is 26.4 Å². The highest BCUT2D eigenvalue weighted by Gasteiger charge is 2.37. The second-order valence-corrected chi connectivity index (χ2v) is 7.60. The highest BCUT2D eigenvalue weighted by atomic mass is 16.6. The Morgan fingerprint density at radius 2 is 1.97 bits per heavy atom. The van der Waals surface area contributed by atoms with Gasteiger partial charge in [0.05, 0.1) is 31.3 Å². The molecule has 4 rings (SSSR count). The van der Waals surface area contributed by atoms with Crippen molar-refractivity contribution in [3.8, 4) is 22.6 Å². The summed E-state index contributed by atoms with van der Waals surface area (Å²) in [7, 11) is 3.10. The van der Waals surface area contributed by atoms with Gasteiger partial charge < -0.3 is 20.1 Å². The fourth-order valence-corrected chi connectivity index (χ4v) is 3.94. The molecule has 2 amide bonds.